The molecule has 7 heteroatoms. The average molecular weight is 413 g/mol. The molecule has 0 aliphatic heterocycles. The molecular weight excluding hydrogens is 396 g/mol. The Labute approximate surface area is 159 Å². The summed E-state index contributed by atoms with van der Waals surface area (Å²) in [5, 5.41) is 7.06. The summed E-state index contributed by atoms with van der Waals surface area (Å²) in [6.07, 6.45) is 3.20. The van der Waals surface area contributed by atoms with E-state index in [4.69, 9.17) is 0 Å². The summed E-state index contributed by atoms with van der Waals surface area (Å²) >= 11 is 3.39. The summed E-state index contributed by atoms with van der Waals surface area (Å²) in [6.45, 7) is 1.50. The Kier molecular flexibility index (Phi) is 5.18. The first-order chi connectivity index (χ1) is 12.4. The molecule has 2 amide bonds. The van der Waals surface area contributed by atoms with Crippen LogP contribution < -0.4 is 10.2 Å². The molecule has 1 heterocycles. The Bertz CT molecular complexity index is 933. The molecule has 0 unspecified atom stereocenters. The summed E-state index contributed by atoms with van der Waals surface area (Å²) in [6, 6.07) is 14.7. The molecule has 1 N–H and O–H groups in total. The molecule has 0 atom stereocenters. The summed E-state index contributed by atoms with van der Waals surface area (Å²) in [7, 11) is 1.70. The van der Waals surface area contributed by atoms with Gasteiger partial charge in [-0.25, -0.2) is 4.68 Å². The number of carbonyl (C=O) groups excluding carboxylic acids is 2. The lowest BCUT2D eigenvalue weighted by Crippen LogP contribution is -2.22. The monoisotopic (exact) mass is 412 g/mol. The van der Waals surface area contributed by atoms with Gasteiger partial charge in [0.1, 0.15) is 0 Å². The Morgan fingerprint density at radius 1 is 1.08 bits per heavy atom. The van der Waals surface area contributed by atoms with Gasteiger partial charge in [-0.05, 0) is 48.5 Å². The third kappa shape index (κ3) is 4.00. The molecule has 0 aliphatic carbocycles. The molecule has 1 aromatic heterocycles. The van der Waals surface area contributed by atoms with Gasteiger partial charge in [0, 0.05) is 36.0 Å². The number of benzene rings is 2. The molecule has 3 aromatic rings. The number of hydrogen-bond donors (Lipinski definition) is 1. The van der Waals surface area contributed by atoms with Crippen molar-refractivity contribution >= 4 is 39.1 Å². The minimum atomic E-state index is -0.249. The van der Waals surface area contributed by atoms with E-state index in [9.17, 15) is 9.59 Å². The lowest BCUT2D eigenvalue weighted by Gasteiger charge is -2.15. The first-order valence-electron chi connectivity index (χ1n) is 7.90. The lowest BCUT2D eigenvalue weighted by molar-refractivity contribution is -0.116. The van der Waals surface area contributed by atoms with E-state index < -0.39 is 0 Å². The Balaban J connectivity index is 1.70. The summed E-state index contributed by atoms with van der Waals surface area (Å²) in [5.74, 6) is -0.303. The fraction of sp³-hybridized carbons (Fsp3) is 0.105. The molecule has 3 rings (SSSR count). The summed E-state index contributed by atoms with van der Waals surface area (Å²) in [5.41, 5.74) is 2.73. The molecule has 26 heavy (non-hydrogen) atoms. The highest BCUT2D eigenvalue weighted by atomic mass is 79.9. The number of aromatic nitrogens is 2. The minimum absolute atomic E-state index is 0.0536. The van der Waals surface area contributed by atoms with Crippen LogP contribution in [0, 0.1) is 0 Å². The smallest absolute Gasteiger partial charge is 0.258 e. The number of carbonyl (C=O) groups is 2. The van der Waals surface area contributed by atoms with E-state index in [2.05, 4.69) is 26.3 Å². The van der Waals surface area contributed by atoms with Crippen molar-refractivity contribution < 1.29 is 9.59 Å². The second kappa shape index (κ2) is 7.53. The van der Waals surface area contributed by atoms with Crippen LogP contribution in [-0.4, -0.2) is 28.6 Å². The van der Waals surface area contributed by atoms with Gasteiger partial charge >= 0.3 is 0 Å². The molecule has 0 bridgehead atoms. The van der Waals surface area contributed by atoms with E-state index >= 15 is 0 Å². The number of rotatable bonds is 4. The van der Waals surface area contributed by atoms with Gasteiger partial charge in [-0.1, -0.05) is 15.9 Å². The average Bonchev–Trinajstić information content (AvgIpc) is 3.12. The maximum atomic E-state index is 12.4. The van der Waals surface area contributed by atoms with E-state index in [1.807, 2.05) is 24.3 Å². The van der Waals surface area contributed by atoms with E-state index in [1.165, 1.54) is 18.0 Å². The van der Waals surface area contributed by atoms with Crippen molar-refractivity contribution in [1.82, 2.24) is 9.78 Å². The van der Waals surface area contributed by atoms with E-state index in [0.717, 1.165) is 15.8 Å². The molecule has 6 nitrogen and oxygen atoms in total. The van der Waals surface area contributed by atoms with Crippen LogP contribution in [0.2, 0.25) is 0 Å². The van der Waals surface area contributed by atoms with Crippen LogP contribution in [0.4, 0.5) is 11.4 Å². The third-order valence-electron chi connectivity index (χ3n) is 3.92. The largest absolute Gasteiger partial charge is 0.322 e. The topological polar surface area (TPSA) is 67.2 Å². The van der Waals surface area contributed by atoms with Gasteiger partial charge in [0.05, 0.1) is 17.4 Å². The minimum Gasteiger partial charge on any atom is -0.322 e. The highest BCUT2D eigenvalue weighted by molar-refractivity contribution is 9.10. The number of nitrogens with zero attached hydrogens (tertiary/aromatic N) is 3. The second-order valence-electron chi connectivity index (χ2n) is 5.73. The zero-order valence-corrected chi connectivity index (χ0v) is 15.9. The molecule has 0 spiro atoms. The van der Waals surface area contributed by atoms with Crippen molar-refractivity contribution in [3.05, 3.63) is 71.0 Å². The Morgan fingerprint density at radius 3 is 2.35 bits per heavy atom. The Morgan fingerprint density at radius 2 is 1.73 bits per heavy atom. The van der Waals surface area contributed by atoms with Crippen LogP contribution in [0.1, 0.15) is 17.3 Å². The molecule has 2 aromatic carbocycles. The zero-order chi connectivity index (χ0) is 18.7. The van der Waals surface area contributed by atoms with Crippen molar-refractivity contribution in [2.75, 3.05) is 17.3 Å². The van der Waals surface area contributed by atoms with E-state index in [1.54, 1.807) is 42.2 Å². The van der Waals surface area contributed by atoms with Crippen LogP contribution in [0.5, 0.6) is 0 Å². The molecule has 132 valence electrons. The quantitative estimate of drug-likeness (QED) is 0.706. The molecule has 0 saturated heterocycles. The maximum Gasteiger partial charge on any atom is 0.258 e. The Hall–Kier alpha value is -2.93. The standard InChI is InChI=1S/C19H17BrN4O2/c1-13(25)23(2)17-9-5-16(6-10-17)22-19(26)14-11-21-24(12-14)18-7-3-15(20)4-8-18/h3-12H,1-2H3,(H,22,26). The number of amides is 2. The SMILES string of the molecule is CC(=O)N(C)c1ccc(NC(=O)c2cnn(-c3ccc(Br)cc3)c2)cc1. The van der Waals surface area contributed by atoms with Crippen LogP contribution >= 0.6 is 15.9 Å². The van der Waals surface area contributed by atoms with Crippen molar-refractivity contribution in [2.24, 2.45) is 0 Å². The number of anilines is 2. The van der Waals surface area contributed by atoms with E-state index in [0.29, 0.717) is 11.3 Å². The van der Waals surface area contributed by atoms with Gasteiger partial charge in [0.2, 0.25) is 5.91 Å². The van der Waals surface area contributed by atoms with Gasteiger partial charge in [-0.3, -0.25) is 9.59 Å². The number of hydrogen-bond acceptors (Lipinski definition) is 3. The van der Waals surface area contributed by atoms with Gasteiger partial charge in [0.25, 0.3) is 5.91 Å². The molecule has 0 aliphatic rings. The van der Waals surface area contributed by atoms with Gasteiger partial charge in [-0.2, -0.15) is 5.10 Å². The van der Waals surface area contributed by atoms with Crippen molar-refractivity contribution in [3.8, 4) is 5.69 Å². The number of halogens is 1. The lowest BCUT2D eigenvalue weighted by atomic mass is 10.2. The fourth-order valence-corrected chi connectivity index (χ4v) is 2.59. The van der Waals surface area contributed by atoms with Gasteiger partial charge < -0.3 is 10.2 Å². The summed E-state index contributed by atoms with van der Waals surface area (Å²) < 4.78 is 2.62. The molecule has 0 radical (unpaired) electrons. The van der Waals surface area contributed by atoms with Crippen molar-refractivity contribution in [2.45, 2.75) is 6.92 Å². The van der Waals surface area contributed by atoms with Crippen molar-refractivity contribution in [3.63, 3.8) is 0 Å². The normalized spacial score (nSPS) is 10.4. The number of nitrogens with one attached hydrogen (secondary N) is 1. The van der Waals surface area contributed by atoms with Crippen LogP contribution in [0.25, 0.3) is 5.69 Å². The molecular formula is C19H17BrN4O2. The van der Waals surface area contributed by atoms with Crippen LogP contribution in [0.15, 0.2) is 65.4 Å². The highest BCUT2D eigenvalue weighted by Gasteiger charge is 2.11. The van der Waals surface area contributed by atoms with Crippen molar-refractivity contribution in [1.29, 1.82) is 0 Å². The van der Waals surface area contributed by atoms with Crippen LogP contribution in [-0.2, 0) is 4.79 Å². The van der Waals surface area contributed by atoms with Gasteiger partial charge in [0.15, 0.2) is 0 Å². The van der Waals surface area contributed by atoms with E-state index in [-0.39, 0.29) is 11.8 Å². The predicted molar refractivity (Wildman–Crippen MR) is 105 cm³/mol. The third-order valence-corrected chi connectivity index (χ3v) is 4.45. The molecule has 0 saturated carbocycles. The predicted octanol–water partition coefficient (Wildman–Crippen LogP) is 3.87. The summed E-state index contributed by atoms with van der Waals surface area (Å²) in [4.78, 5) is 25.3. The fourth-order valence-electron chi connectivity index (χ4n) is 2.33. The maximum absolute atomic E-state index is 12.4. The first-order valence-corrected chi connectivity index (χ1v) is 8.69. The second-order valence-corrected chi connectivity index (χ2v) is 6.64. The van der Waals surface area contributed by atoms with Gasteiger partial charge in [-0.15, -0.1) is 0 Å². The van der Waals surface area contributed by atoms with Crippen LogP contribution in [0.3, 0.4) is 0 Å². The zero-order valence-electron chi connectivity index (χ0n) is 14.3. The molecule has 0 fully saturated rings. The first kappa shape index (κ1) is 17.9. The highest BCUT2D eigenvalue weighted by Crippen LogP contribution is 2.18.